The molecular formula is C12H19NO. The predicted molar refractivity (Wildman–Crippen MR) is 57.3 cm³/mol. The van der Waals surface area contributed by atoms with E-state index in [1.807, 2.05) is 12.1 Å². The van der Waals surface area contributed by atoms with Gasteiger partial charge < -0.3 is 9.73 Å². The van der Waals surface area contributed by atoms with E-state index < -0.39 is 0 Å². The van der Waals surface area contributed by atoms with Crippen molar-refractivity contribution in [3.8, 4) is 0 Å². The minimum Gasteiger partial charge on any atom is -0.469 e. The highest BCUT2D eigenvalue weighted by Gasteiger charge is 2.11. The molecule has 0 atom stereocenters. The molecule has 14 heavy (non-hydrogen) atoms. The van der Waals surface area contributed by atoms with Crippen molar-refractivity contribution in [2.75, 3.05) is 6.54 Å². The third-order valence-electron chi connectivity index (χ3n) is 2.99. The summed E-state index contributed by atoms with van der Waals surface area (Å²) in [5.41, 5.74) is 0. The van der Waals surface area contributed by atoms with E-state index in [2.05, 4.69) is 5.32 Å². The van der Waals surface area contributed by atoms with Crippen molar-refractivity contribution < 1.29 is 4.42 Å². The van der Waals surface area contributed by atoms with Crippen LogP contribution in [0.15, 0.2) is 22.8 Å². The van der Waals surface area contributed by atoms with Crippen LogP contribution in [-0.4, -0.2) is 12.6 Å². The van der Waals surface area contributed by atoms with Gasteiger partial charge in [0, 0.05) is 19.0 Å². The Morgan fingerprint density at radius 1 is 1.29 bits per heavy atom. The van der Waals surface area contributed by atoms with Crippen molar-refractivity contribution in [2.45, 2.75) is 44.6 Å². The second-order valence-electron chi connectivity index (χ2n) is 4.12. The summed E-state index contributed by atoms with van der Waals surface area (Å²) in [6, 6.07) is 4.76. The molecule has 0 aliphatic heterocycles. The SMILES string of the molecule is c1coc(CCNC2CCCCC2)c1. The standard InChI is InChI=1S/C12H19NO/c1-2-5-11(6-3-1)13-9-8-12-7-4-10-14-12/h4,7,10-11,13H,1-3,5-6,8-9H2. The van der Waals surface area contributed by atoms with Crippen molar-refractivity contribution >= 4 is 0 Å². The van der Waals surface area contributed by atoms with E-state index in [0.29, 0.717) is 0 Å². The Bertz CT molecular complexity index is 237. The molecule has 2 rings (SSSR count). The molecule has 0 bridgehead atoms. The van der Waals surface area contributed by atoms with Gasteiger partial charge in [0.25, 0.3) is 0 Å². The Kier molecular flexibility index (Phi) is 3.64. The second-order valence-corrected chi connectivity index (χ2v) is 4.12. The maximum absolute atomic E-state index is 5.28. The van der Waals surface area contributed by atoms with Crippen molar-refractivity contribution in [2.24, 2.45) is 0 Å². The highest BCUT2D eigenvalue weighted by molar-refractivity contribution is 4.98. The zero-order chi connectivity index (χ0) is 9.64. The van der Waals surface area contributed by atoms with Crippen LogP contribution in [0.4, 0.5) is 0 Å². The summed E-state index contributed by atoms with van der Waals surface area (Å²) < 4.78 is 5.28. The highest BCUT2D eigenvalue weighted by atomic mass is 16.3. The average molecular weight is 193 g/mol. The first-order valence-corrected chi connectivity index (χ1v) is 5.71. The zero-order valence-corrected chi connectivity index (χ0v) is 8.67. The Balaban J connectivity index is 1.62. The molecule has 0 amide bonds. The van der Waals surface area contributed by atoms with Gasteiger partial charge in [0.05, 0.1) is 6.26 Å². The fraction of sp³-hybridized carbons (Fsp3) is 0.667. The Morgan fingerprint density at radius 2 is 2.14 bits per heavy atom. The number of nitrogens with one attached hydrogen (secondary N) is 1. The van der Waals surface area contributed by atoms with Crippen LogP contribution < -0.4 is 5.32 Å². The third kappa shape index (κ3) is 2.88. The quantitative estimate of drug-likeness (QED) is 0.795. The van der Waals surface area contributed by atoms with Crippen LogP contribution in [0.1, 0.15) is 37.9 Å². The summed E-state index contributed by atoms with van der Waals surface area (Å²) in [6.45, 7) is 1.05. The lowest BCUT2D eigenvalue weighted by Crippen LogP contribution is -2.32. The number of hydrogen-bond acceptors (Lipinski definition) is 2. The van der Waals surface area contributed by atoms with E-state index in [-0.39, 0.29) is 0 Å². The largest absolute Gasteiger partial charge is 0.469 e. The molecule has 1 N–H and O–H groups in total. The van der Waals surface area contributed by atoms with Crippen LogP contribution in [-0.2, 0) is 6.42 Å². The van der Waals surface area contributed by atoms with Crippen LogP contribution in [0.25, 0.3) is 0 Å². The summed E-state index contributed by atoms with van der Waals surface area (Å²) in [7, 11) is 0. The van der Waals surface area contributed by atoms with Gasteiger partial charge in [-0.3, -0.25) is 0 Å². The first kappa shape index (κ1) is 9.78. The van der Waals surface area contributed by atoms with E-state index in [1.165, 1.54) is 32.1 Å². The van der Waals surface area contributed by atoms with Crippen molar-refractivity contribution in [1.82, 2.24) is 5.32 Å². The van der Waals surface area contributed by atoms with Crippen LogP contribution >= 0.6 is 0 Å². The van der Waals surface area contributed by atoms with Crippen molar-refractivity contribution in [1.29, 1.82) is 0 Å². The molecule has 1 aliphatic carbocycles. The molecule has 1 heterocycles. The summed E-state index contributed by atoms with van der Waals surface area (Å²) in [4.78, 5) is 0. The minimum absolute atomic E-state index is 0.763. The molecule has 1 saturated carbocycles. The van der Waals surface area contributed by atoms with E-state index in [1.54, 1.807) is 6.26 Å². The molecule has 0 saturated heterocycles. The van der Waals surface area contributed by atoms with E-state index in [4.69, 9.17) is 4.42 Å². The van der Waals surface area contributed by atoms with Gasteiger partial charge in [-0.05, 0) is 25.0 Å². The molecule has 2 nitrogen and oxygen atoms in total. The molecule has 78 valence electrons. The molecule has 1 aliphatic rings. The zero-order valence-electron chi connectivity index (χ0n) is 8.67. The smallest absolute Gasteiger partial charge is 0.105 e. The molecular weight excluding hydrogens is 174 g/mol. The normalized spacial score (nSPS) is 18.6. The van der Waals surface area contributed by atoms with Gasteiger partial charge in [-0.1, -0.05) is 19.3 Å². The van der Waals surface area contributed by atoms with Gasteiger partial charge in [-0.15, -0.1) is 0 Å². The third-order valence-corrected chi connectivity index (χ3v) is 2.99. The highest BCUT2D eigenvalue weighted by Crippen LogP contribution is 2.17. The maximum atomic E-state index is 5.28. The number of hydrogen-bond donors (Lipinski definition) is 1. The number of furan rings is 1. The van der Waals surface area contributed by atoms with Gasteiger partial charge in [-0.2, -0.15) is 0 Å². The lowest BCUT2D eigenvalue weighted by atomic mass is 9.95. The Labute approximate surface area is 85.7 Å². The lowest BCUT2D eigenvalue weighted by molar-refractivity contribution is 0.370. The molecule has 1 fully saturated rings. The molecule has 1 aromatic heterocycles. The average Bonchev–Trinajstić information content (AvgIpc) is 2.72. The summed E-state index contributed by atoms with van der Waals surface area (Å²) in [5.74, 6) is 1.09. The fourth-order valence-electron chi connectivity index (χ4n) is 2.16. The molecule has 0 spiro atoms. The van der Waals surface area contributed by atoms with Gasteiger partial charge in [0.15, 0.2) is 0 Å². The maximum Gasteiger partial charge on any atom is 0.105 e. The Hall–Kier alpha value is -0.760. The molecule has 0 unspecified atom stereocenters. The summed E-state index contributed by atoms with van der Waals surface area (Å²) in [6.07, 6.45) is 9.71. The second kappa shape index (κ2) is 5.20. The van der Waals surface area contributed by atoms with Gasteiger partial charge >= 0.3 is 0 Å². The van der Waals surface area contributed by atoms with Crippen LogP contribution in [0.3, 0.4) is 0 Å². The molecule has 2 heteroatoms. The van der Waals surface area contributed by atoms with Crippen molar-refractivity contribution in [3.05, 3.63) is 24.2 Å². The topological polar surface area (TPSA) is 25.2 Å². The van der Waals surface area contributed by atoms with Crippen LogP contribution in [0.5, 0.6) is 0 Å². The summed E-state index contributed by atoms with van der Waals surface area (Å²) in [5, 5.41) is 3.60. The first-order valence-electron chi connectivity index (χ1n) is 5.71. The van der Waals surface area contributed by atoms with Gasteiger partial charge in [-0.25, -0.2) is 0 Å². The van der Waals surface area contributed by atoms with Crippen LogP contribution in [0, 0.1) is 0 Å². The van der Waals surface area contributed by atoms with E-state index in [0.717, 1.165) is 24.8 Å². The van der Waals surface area contributed by atoms with E-state index in [9.17, 15) is 0 Å². The molecule has 1 aromatic rings. The first-order chi connectivity index (χ1) is 6.95. The van der Waals surface area contributed by atoms with Crippen LogP contribution in [0.2, 0.25) is 0 Å². The molecule has 0 aromatic carbocycles. The monoisotopic (exact) mass is 193 g/mol. The van der Waals surface area contributed by atoms with Gasteiger partial charge in [0.2, 0.25) is 0 Å². The fourth-order valence-corrected chi connectivity index (χ4v) is 2.16. The molecule has 0 radical (unpaired) electrons. The summed E-state index contributed by atoms with van der Waals surface area (Å²) >= 11 is 0. The van der Waals surface area contributed by atoms with E-state index >= 15 is 0 Å². The minimum atomic E-state index is 0.763. The number of rotatable bonds is 4. The predicted octanol–water partition coefficient (Wildman–Crippen LogP) is 2.74. The lowest BCUT2D eigenvalue weighted by Gasteiger charge is -2.22. The Morgan fingerprint density at radius 3 is 2.86 bits per heavy atom. The van der Waals surface area contributed by atoms with Gasteiger partial charge in [0.1, 0.15) is 5.76 Å². The van der Waals surface area contributed by atoms with Crippen molar-refractivity contribution in [3.63, 3.8) is 0 Å².